The minimum Gasteiger partial charge on any atom is -0.481 e. The summed E-state index contributed by atoms with van der Waals surface area (Å²) in [6.45, 7) is 17.2. The molecule has 0 saturated heterocycles. The van der Waals surface area contributed by atoms with Crippen molar-refractivity contribution in [2.75, 3.05) is 23.8 Å². The monoisotopic (exact) mass is 348 g/mol. The van der Waals surface area contributed by atoms with Gasteiger partial charge < -0.3 is 15.3 Å². The van der Waals surface area contributed by atoms with E-state index >= 15 is 0 Å². The van der Waals surface area contributed by atoms with Crippen LogP contribution in [0.15, 0.2) is 30.5 Å². The van der Waals surface area contributed by atoms with Gasteiger partial charge in [-0.2, -0.15) is 0 Å². The van der Waals surface area contributed by atoms with E-state index < -0.39 is 5.97 Å². The van der Waals surface area contributed by atoms with E-state index in [0.717, 1.165) is 35.6 Å². The Hall–Kier alpha value is -1.97. The number of hydrogen-bond acceptors (Lipinski definition) is 3. The molecule has 1 aromatic rings. The van der Waals surface area contributed by atoms with Crippen LogP contribution in [0, 0.1) is 5.92 Å². The molecule has 1 atom stereocenters. The Kier molecular flexibility index (Phi) is 10.7. The molecule has 25 heavy (non-hydrogen) atoms. The minimum atomic E-state index is -0.757. The standard InChI is InChI=1S/C19H30N2O2.C2H6/c1-7-15(11-19(22)23)16-8-9-18(21(6)12-13(2)3)17(10-16)20-14(4)5;1-2/h8-10,13,15,20H,4,7,11-12H2,1-3,5-6H3,(H,22,23);1-2H3. The Bertz CT molecular complexity index is 553. The Balaban J connectivity index is 0.00000277. The summed E-state index contributed by atoms with van der Waals surface area (Å²) in [6.07, 6.45) is 0.962. The highest BCUT2D eigenvalue weighted by Crippen LogP contribution is 2.33. The van der Waals surface area contributed by atoms with E-state index in [2.05, 4.69) is 49.8 Å². The lowest BCUT2D eigenvalue weighted by Gasteiger charge is -2.26. The number of aliphatic carboxylic acids is 1. The van der Waals surface area contributed by atoms with Crippen molar-refractivity contribution in [2.45, 2.75) is 60.3 Å². The second-order valence-electron chi connectivity index (χ2n) is 6.66. The number of nitrogens with one attached hydrogen (secondary N) is 1. The fourth-order valence-corrected chi connectivity index (χ4v) is 2.83. The third-order valence-electron chi connectivity index (χ3n) is 3.80. The van der Waals surface area contributed by atoms with E-state index in [1.165, 1.54) is 0 Å². The summed E-state index contributed by atoms with van der Waals surface area (Å²) in [5, 5.41) is 12.4. The highest BCUT2D eigenvalue weighted by atomic mass is 16.4. The van der Waals surface area contributed by atoms with Crippen LogP contribution in [-0.2, 0) is 4.79 Å². The topological polar surface area (TPSA) is 52.6 Å². The first-order valence-electron chi connectivity index (χ1n) is 9.24. The molecule has 0 amide bonds. The van der Waals surface area contributed by atoms with E-state index in [1.54, 1.807) is 0 Å². The molecular weight excluding hydrogens is 312 g/mol. The second kappa shape index (κ2) is 11.6. The molecule has 2 N–H and O–H groups in total. The number of hydrogen-bond donors (Lipinski definition) is 2. The first kappa shape index (κ1) is 23.0. The average Bonchev–Trinajstić information content (AvgIpc) is 2.53. The lowest BCUT2D eigenvalue weighted by Crippen LogP contribution is -2.23. The second-order valence-corrected chi connectivity index (χ2v) is 6.66. The van der Waals surface area contributed by atoms with E-state index in [0.29, 0.717) is 5.92 Å². The molecule has 0 spiro atoms. The van der Waals surface area contributed by atoms with Gasteiger partial charge in [-0.3, -0.25) is 4.79 Å². The number of anilines is 2. The number of carbonyl (C=O) groups is 1. The number of benzene rings is 1. The van der Waals surface area contributed by atoms with Gasteiger partial charge in [0.25, 0.3) is 0 Å². The largest absolute Gasteiger partial charge is 0.481 e. The zero-order chi connectivity index (χ0) is 19.6. The van der Waals surface area contributed by atoms with E-state index in [9.17, 15) is 4.79 Å². The summed E-state index contributed by atoms with van der Waals surface area (Å²) >= 11 is 0. The molecule has 0 aromatic heterocycles. The van der Waals surface area contributed by atoms with Gasteiger partial charge in [-0.1, -0.05) is 47.3 Å². The van der Waals surface area contributed by atoms with Crippen molar-refractivity contribution in [3.05, 3.63) is 36.0 Å². The van der Waals surface area contributed by atoms with Crippen molar-refractivity contribution in [3.8, 4) is 0 Å². The minimum absolute atomic E-state index is 0.0302. The zero-order valence-electron chi connectivity index (χ0n) is 17.0. The molecule has 0 heterocycles. The van der Waals surface area contributed by atoms with Crippen molar-refractivity contribution in [1.29, 1.82) is 0 Å². The van der Waals surface area contributed by atoms with E-state index in [1.807, 2.05) is 33.8 Å². The number of carboxylic acids is 1. The molecule has 0 bridgehead atoms. The molecule has 1 aromatic carbocycles. The normalized spacial score (nSPS) is 11.4. The Morgan fingerprint density at radius 1 is 1.32 bits per heavy atom. The molecule has 0 aliphatic rings. The Labute approximate surface area is 153 Å². The van der Waals surface area contributed by atoms with Crippen LogP contribution < -0.4 is 10.2 Å². The van der Waals surface area contributed by atoms with Crippen LogP contribution in [0.4, 0.5) is 11.4 Å². The maximum absolute atomic E-state index is 11.1. The zero-order valence-corrected chi connectivity index (χ0v) is 17.0. The first-order valence-corrected chi connectivity index (χ1v) is 9.24. The number of carboxylic acid groups (broad SMARTS) is 1. The molecular formula is C21H36N2O2. The van der Waals surface area contributed by atoms with Gasteiger partial charge in [-0.15, -0.1) is 0 Å². The highest BCUT2D eigenvalue weighted by molar-refractivity contribution is 5.73. The van der Waals surface area contributed by atoms with Crippen molar-refractivity contribution in [2.24, 2.45) is 5.92 Å². The molecule has 0 fully saturated rings. The summed E-state index contributed by atoms with van der Waals surface area (Å²) in [5.74, 6) is -0.164. The van der Waals surface area contributed by atoms with Gasteiger partial charge in [0.2, 0.25) is 0 Å². The first-order chi connectivity index (χ1) is 11.7. The number of allylic oxidation sites excluding steroid dienone is 1. The fourth-order valence-electron chi connectivity index (χ4n) is 2.83. The van der Waals surface area contributed by atoms with Crippen molar-refractivity contribution >= 4 is 17.3 Å². The molecule has 0 radical (unpaired) electrons. The average molecular weight is 349 g/mol. The third kappa shape index (κ3) is 8.10. The third-order valence-corrected chi connectivity index (χ3v) is 3.80. The van der Waals surface area contributed by atoms with Crippen LogP contribution in [0.5, 0.6) is 0 Å². The molecule has 1 rings (SSSR count). The summed E-state index contributed by atoms with van der Waals surface area (Å²) in [6, 6.07) is 6.19. The fraction of sp³-hybridized carbons (Fsp3) is 0.571. The van der Waals surface area contributed by atoms with Crippen LogP contribution >= 0.6 is 0 Å². The summed E-state index contributed by atoms with van der Waals surface area (Å²) in [7, 11) is 2.08. The van der Waals surface area contributed by atoms with Gasteiger partial charge in [0.05, 0.1) is 17.8 Å². The van der Waals surface area contributed by atoms with Gasteiger partial charge >= 0.3 is 5.97 Å². The summed E-state index contributed by atoms with van der Waals surface area (Å²) in [4.78, 5) is 13.3. The SMILES string of the molecule is C=C(C)Nc1cc(C(CC)CC(=O)O)ccc1N(C)CC(C)C.CC. The predicted octanol–water partition coefficient (Wildman–Crippen LogP) is 5.72. The molecule has 4 heteroatoms. The van der Waals surface area contributed by atoms with Crippen LogP contribution in [0.3, 0.4) is 0 Å². The lowest BCUT2D eigenvalue weighted by atomic mass is 9.92. The lowest BCUT2D eigenvalue weighted by molar-refractivity contribution is -0.137. The molecule has 142 valence electrons. The van der Waals surface area contributed by atoms with Gasteiger partial charge in [0, 0.05) is 19.3 Å². The molecule has 0 aliphatic heterocycles. The molecule has 1 unspecified atom stereocenters. The van der Waals surface area contributed by atoms with Crippen molar-refractivity contribution < 1.29 is 9.90 Å². The van der Waals surface area contributed by atoms with Gasteiger partial charge in [-0.05, 0) is 42.9 Å². The van der Waals surface area contributed by atoms with Crippen molar-refractivity contribution in [1.82, 2.24) is 0 Å². The van der Waals surface area contributed by atoms with Crippen LogP contribution in [0.2, 0.25) is 0 Å². The molecule has 4 nitrogen and oxygen atoms in total. The number of nitrogens with zero attached hydrogens (tertiary/aromatic N) is 1. The van der Waals surface area contributed by atoms with Gasteiger partial charge in [0.15, 0.2) is 0 Å². The van der Waals surface area contributed by atoms with Crippen LogP contribution in [-0.4, -0.2) is 24.7 Å². The predicted molar refractivity (Wildman–Crippen MR) is 110 cm³/mol. The highest BCUT2D eigenvalue weighted by Gasteiger charge is 2.17. The van der Waals surface area contributed by atoms with E-state index in [4.69, 9.17) is 5.11 Å². The van der Waals surface area contributed by atoms with Crippen LogP contribution in [0.1, 0.15) is 65.9 Å². The van der Waals surface area contributed by atoms with Gasteiger partial charge in [0.1, 0.15) is 0 Å². The van der Waals surface area contributed by atoms with Gasteiger partial charge in [-0.25, -0.2) is 0 Å². The smallest absolute Gasteiger partial charge is 0.303 e. The maximum atomic E-state index is 11.1. The Morgan fingerprint density at radius 3 is 2.36 bits per heavy atom. The van der Waals surface area contributed by atoms with Crippen LogP contribution in [0.25, 0.3) is 0 Å². The van der Waals surface area contributed by atoms with Crippen molar-refractivity contribution in [3.63, 3.8) is 0 Å². The molecule has 0 saturated carbocycles. The summed E-state index contributed by atoms with van der Waals surface area (Å²) < 4.78 is 0. The number of rotatable bonds is 9. The summed E-state index contributed by atoms with van der Waals surface area (Å²) in [5.41, 5.74) is 4.02. The molecule has 0 aliphatic carbocycles. The van der Waals surface area contributed by atoms with E-state index in [-0.39, 0.29) is 12.3 Å². The Morgan fingerprint density at radius 2 is 1.92 bits per heavy atom. The quantitative estimate of drug-likeness (QED) is 0.599. The maximum Gasteiger partial charge on any atom is 0.303 e.